The third-order valence-corrected chi connectivity index (χ3v) is 2.84. The summed E-state index contributed by atoms with van der Waals surface area (Å²) >= 11 is 0. The van der Waals surface area contributed by atoms with Crippen LogP contribution in [-0.4, -0.2) is 61.5 Å². The van der Waals surface area contributed by atoms with Crippen LogP contribution < -0.4 is 11.5 Å². The van der Waals surface area contributed by atoms with Crippen molar-refractivity contribution in [3.8, 4) is 0 Å². The lowest BCUT2D eigenvalue weighted by atomic mass is 10.3. The zero-order chi connectivity index (χ0) is 12.7. The fraction of sp³-hybridized carbons (Fsp3) is 0.818. The van der Waals surface area contributed by atoms with Gasteiger partial charge in [-0.05, 0) is 13.5 Å². The molecule has 1 rings (SSSR count). The molecule has 98 valence electrons. The molecule has 1 aliphatic rings. The Hall–Kier alpha value is -1.30. The van der Waals surface area contributed by atoms with Gasteiger partial charge in [-0.1, -0.05) is 13.3 Å². The number of rotatable bonds is 3. The number of nitrogens with zero attached hydrogens (tertiary/aromatic N) is 4. The van der Waals surface area contributed by atoms with Crippen molar-refractivity contribution in [3.63, 3.8) is 0 Å². The second-order valence-corrected chi connectivity index (χ2v) is 4.35. The first-order valence-corrected chi connectivity index (χ1v) is 6.21. The van der Waals surface area contributed by atoms with Crippen LogP contribution in [-0.2, 0) is 0 Å². The molecule has 1 heterocycles. The monoisotopic (exact) mass is 240 g/mol. The van der Waals surface area contributed by atoms with Gasteiger partial charge in [0.25, 0.3) is 0 Å². The normalized spacial score (nSPS) is 19.8. The third-order valence-electron chi connectivity index (χ3n) is 2.84. The van der Waals surface area contributed by atoms with Crippen LogP contribution in [0.4, 0.5) is 0 Å². The van der Waals surface area contributed by atoms with Crippen LogP contribution in [0.25, 0.3) is 0 Å². The van der Waals surface area contributed by atoms with E-state index in [0.29, 0.717) is 5.96 Å². The fourth-order valence-electron chi connectivity index (χ4n) is 1.61. The minimum Gasteiger partial charge on any atom is -0.369 e. The van der Waals surface area contributed by atoms with Gasteiger partial charge in [0.05, 0.1) is 0 Å². The maximum absolute atomic E-state index is 5.90. The molecule has 0 spiro atoms. The molecule has 0 aromatic rings. The summed E-state index contributed by atoms with van der Waals surface area (Å²) in [4.78, 5) is 12.6. The molecule has 0 radical (unpaired) electrons. The van der Waals surface area contributed by atoms with Crippen LogP contribution in [0.1, 0.15) is 19.8 Å². The van der Waals surface area contributed by atoms with Gasteiger partial charge in [0.2, 0.25) is 5.96 Å². The van der Waals surface area contributed by atoms with Crippen LogP contribution in [0.2, 0.25) is 0 Å². The highest BCUT2D eigenvalue weighted by Gasteiger charge is 2.15. The molecule has 0 aliphatic carbocycles. The molecule has 0 aromatic heterocycles. The third kappa shape index (κ3) is 5.04. The van der Waals surface area contributed by atoms with Crippen molar-refractivity contribution in [1.29, 1.82) is 0 Å². The second kappa shape index (κ2) is 7.11. The summed E-state index contributed by atoms with van der Waals surface area (Å²) < 4.78 is 0. The molecule has 0 unspecified atom stereocenters. The largest absolute Gasteiger partial charge is 0.369 e. The molecule has 4 N–H and O–H groups in total. The maximum Gasteiger partial charge on any atom is 0.218 e. The van der Waals surface area contributed by atoms with E-state index in [2.05, 4.69) is 28.9 Å². The number of unbranched alkanes of at least 4 members (excludes halogenated alkanes) is 1. The van der Waals surface area contributed by atoms with Crippen LogP contribution in [0.3, 0.4) is 0 Å². The summed E-state index contributed by atoms with van der Waals surface area (Å²) in [5.41, 5.74) is 11.6. The van der Waals surface area contributed by atoms with Gasteiger partial charge in [0.1, 0.15) is 0 Å². The highest BCUT2D eigenvalue weighted by molar-refractivity contribution is 5.93. The van der Waals surface area contributed by atoms with Crippen molar-refractivity contribution in [2.45, 2.75) is 19.8 Å². The van der Waals surface area contributed by atoms with Crippen molar-refractivity contribution in [2.75, 3.05) is 39.8 Å². The van der Waals surface area contributed by atoms with Gasteiger partial charge in [0, 0.05) is 32.7 Å². The SMILES string of the molecule is CCCCN=C(N)N=C(N)N1CCN(C)CC1. The highest BCUT2D eigenvalue weighted by atomic mass is 15.3. The first kappa shape index (κ1) is 13.8. The lowest BCUT2D eigenvalue weighted by Crippen LogP contribution is -2.50. The minimum atomic E-state index is 0.287. The van der Waals surface area contributed by atoms with Gasteiger partial charge >= 0.3 is 0 Å². The van der Waals surface area contributed by atoms with E-state index in [0.717, 1.165) is 45.6 Å². The van der Waals surface area contributed by atoms with Crippen LogP contribution in [0, 0.1) is 0 Å². The predicted molar refractivity (Wildman–Crippen MR) is 72.1 cm³/mol. The molecule has 0 bridgehead atoms. The quantitative estimate of drug-likeness (QED) is 0.402. The van der Waals surface area contributed by atoms with E-state index in [1.165, 1.54) is 0 Å². The zero-order valence-corrected chi connectivity index (χ0v) is 10.9. The van der Waals surface area contributed by atoms with E-state index in [1.807, 2.05) is 4.90 Å². The number of hydrogen-bond acceptors (Lipinski definition) is 2. The molecule has 0 saturated carbocycles. The number of piperazine rings is 1. The van der Waals surface area contributed by atoms with E-state index < -0.39 is 0 Å². The minimum absolute atomic E-state index is 0.287. The molecule has 0 aromatic carbocycles. The standard InChI is InChI=1S/C11H24N6/c1-3-4-5-14-10(12)15-11(13)17-8-6-16(2)7-9-17/h3-9H2,1-2H3,(H4,12,13,14,15). The van der Waals surface area contributed by atoms with Gasteiger partial charge in [0.15, 0.2) is 5.96 Å². The Bertz CT molecular complexity index is 278. The summed E-state index contributed by atoms with van der Waals surface area (Å²) in [5.74, 6) is 0.769. The van der Waals surface area contributed by atoms with Gasteiger partial charge in [-0.3, -0.25) is 4.99 Å². The van der Waals surface area contributed by atoms with Gasteiger partial charge < -0.3 is 21.3 Å². The number of aliphatic imine (C=N–C) groups is 2. The average Bonchev–Trinajstić information content (AvgIpc) is 2.30. The molecule has 0 amide bonds. The Kier molecular flexibility index (Phi) is 5.76. The summed E-state index contributed by atoms with van der Waals surface area (Å²) in [6.45, 7) is 6.64. The maximum atomic E-state index is 5.90. The zero-order valence-electron chi connectivity index (χ0n) is 10.9. The molecular weight excluding hydrogens is 216 g/mol. The number of likely N-dealkylation sites (N-methyl/N-ethyl adjacent to an activating group) is 1. The number of nitrogens with two attached hydrogens (primary N) is 2. The fourth-order valence-corrected chi connectivity index (χ4v) is 1.61. The summed E-state index contributed by atoms with van der Waals surface area (Å²) in [6, 6.07) is 0. The van der Waals surface area contributed by atoms with Crippen molar-refractivity contribution in [2.24, 2.45) is 21.5 Å². The van der Waals surface area contributed by atoms with Crippen molar-refractivity contribution < 1.29 is 0 Å². The predicted octanol–water partition coefficient (Wildman–Crippen LogP) is -0.337. The first-order chi connectivity index (χ1) is 8.13. The molecule has 1 saturated heterocycles. The van der Waals surface area contributed by atoms with Crippen molar-refractivity contribution in [3.05, 3.63) is 0 Å². The first-order valence-electron chi connectivity index (χ1n) is 6.21. The molecule has 6 heteroatoms. The average molecular weight is 240 g/mol. The van der Waals surface area contributed by atoms with Crippen molar-refractivity contribution in [1.82, 2.24) is 9.80 Å². The van der Waals surface area contributed by atoms with E-state index in [-0.39, 0.29) is 5.96 Å². The Balaban J connectivity index is 2.44. The number of hydrogen-bond donors (Lipinski definition) is 2. The van der Waals surface area contributed by atoms with E-state index in [4.69, 9.17) is 11.5 Å². The molecule has 1 aliphatic heterocycles. The Morgan fingerprint density at radius 2 is 1.82 bits per heavy atom. The summed E-state index contributed by atoms with van der Waals surface area (Å²) in [6.07, 6.45) is 2.14. The Morgan fingerprint density at radius 1 is 1.18 bits per heavy atom. The van der Waals surface area contributed by atoms with Crippen LogP contribution in [0.15, 0.2) is 9.98 Å². The molecule has 6 nitrogen and oxygen atoms in total. The second-order valence-electron chi connectivity index (χ2n) is 4.35. The highest BCUT2D eigenvalue weighted by Crippen LogP contribution is 1.98. The van der Waals surface area contributed by atoms with Gasteiger partial charge in [-0.2, -0.15) is 4.99 Å². The van der Waals surface area contributed by atoms with Crippen LogP contribution >= 0.6 is 0 Å². The molecule has 17 heavy (non-hydrogen) atoms. The van der Waals surface area contributed by atoms with E-state index in [1.54, 1.807) is 0 Å². The Morgan fingerprint density at radius 3 is 2.41 bits per heavy atom. The lowest BCUT2D eigenvalue weighted by molar-refractivity contribution is 0.214. The molecule has 1 fully saturated rings. The van der Waals surface area contributed by atoms with E-state index >= 15 is 0 Å². The molecule has 0 atom stereocenters. The lowest BCUT2D eigenvalue weighted by Gasteiger charge is -2.32. The van der Waals surface area contributed by atoms with Gasteiger partial charge in [-0.15, -0.1) is 0 Å². The summed E-state index contributed by atoms with van der Waals surface area (Å²) in [7, 11) is 2.10. The van der Waals surface area contributed by atoms with E-state index in [9.17, 15) is 0 Å². The van der Waals surface area contributed by atoms with Gasteiger partial charge in [-0.25, -0.2) is 0 Å². The summed E-state index contributed by atoms with van der Waals surface area (Å²) in [5, 5.41) is 0. The molecular formula is C11H24N6. The van der Waals surface area contributed by atoms with Crippen LogP contribution in [0.5, 0.6) is 0 Å². The smallest absolute Gasteiger partial charge is 0.218 e. The topological polar surface area (TPSA) is 83.2 Å². The van der Waals surface area contributed by atoms with Crippen molar-refractivity contribution >= 4 is 11.9 Å². The number of guanidine groups is 2. The Labute approximate surface area is 103 Å².